The van der Waals surface area contributed by atoms with Crippen LogP contribution in [0.15, 0.2) is 42.5 Å². The van der Waals surface area contributed by atoms with Crippen molar-refractivity contribution in [2.45, 2.75) is 6.54 Å². The number of anilines is 2. The van der Waals surface area contributed by atoms with Crippen LogP contribution >= 0.6 is 11.6 Å². The molecule has 0 amide bonds. The zero-order valence-corrected chi connectivity index (χ0v) is 13.9. The summed E-state index contributed by atoms with van der Waals surface area (Å²) in [7, 11) is 0. The summed E-state index contributed by atoms with van der Waals surface area (Å²) >= 11 is 5.87. The van der Waals surface area contributed by atoms with Crippen LogP contribution < -0.4 is 15.3 Å². The number of carbonyl (C=O) groups excluding carboxylic acids is 1. The zero-order valence-electron chi connectivity index (χ0n) is 13.1. The van der Waals surface area contributed by atoms with Gasteiger partial charge in [-0.25, -0.2) is 0 Å². The second kappa shape index (κ2) is 7.55. The first-order valence-corrected chi connectivity index (χ1v) is 8.18. The SMILES string of the molecule is O=C([O-])c1cc(NCc2ccc(Cl)cc2)ccc1N1CCOCC1. The van der Waals surface area contributed by atoms with Crippen LogP contribution in [0.2, 0.25) is 5.02 Å². The molecule has 0 saturated carbocycles. The molecule has 1 aliphatic rings. The van der Waals surface area contributed by atoms with E-state index in [9.17, 15) is 9.90 Å². The van der Waals surface area contributed by atoms with Crippen molar-refractivity contribution in [2.24, 2.45) is 0 Å². The average molecular weight is 346 g/mol. The second-order valence-corrected chi connectivity index (χ2v) is 6.04. The predicted octanol–water partition coefficient (Wildman–Crippen LogP) is 2.15. The number of ether oxygens (including phenoxy) is 1. The first-order valence-electron chi connectivity index (χ1n) is 7.80. The number of hydrogen-bond donors (Lipinski definition) is 1. The topological polar surface area (TPSA) is 64.6 Å². The van der Waals surface area contributed by atoms with Gasteiger partial charge in [-0.15, -0.1) is 0 Å². The number of carboxylic acid groups (broad SMARTS) is 1. The highest BCUT2D eigenvalue weighted by Gasteiger charge is 2.15. The van der Waals surface area contributed by atoms with Gasteiger partial charge in [-0.3, -0.25) is 0 Å². The van der Waals surface area contributed by atoms with Gasteiger partial charge in [0.05, 0.1) is 19.2 Å². The highest BCUT2D eigenvalue weighted by atomic mass is 35.5. The molecule has 1 fully saturated rings. The third-order valence-electron chi connectivity index (χ3n) is 3.98. The van der Waals surface area contributed by atoms with Crippen LogP contribution in [-0.4, -0.2) is 32.3 Å². The van der Waals surface area contributed by atoms with Gasteiger partial charge in [-0.05, 0) is 35.9 Å². The molecule has 24 heavy (non-hydrogen) atoms. The number of hydrogen-bond acceptors (Lipinski definition) is 5. The van der Waals surface area contributed by atoms with E-state index >= 15 is 0 Å². The van der Waals surface area contributed by atoms with E-state index in [1.165, 1.54) is 0 Å². The predicted molar refractivity (Wildman–Crippen MR) is 92.6 cm³/mol. The maximum absolute atomic E-state index is 11.5. The lowest BCUT2D eigenvalue weighted by Crippen LogP contribution is -2.38. The Kier molecular flexibility index (Phi) is 5.23. The van der Waals surface area contributed by atoms with E-state index in [-0.39, 0.29) is 5.56 Å². The molecule has 0 spiro atoms. The number of carboxylic acids is 1. The second-order valence-electron chi connectivity index (χ2n) is 5.60. The highest BCUT2D eigenvalue weighted by Crippen LogP contribution is 2.25. The minimum Gasteiger partial charge on any atom is -0.545 e. The first kappa shape index (κ1) is 16.6. The standard InChI is InChI=1S/C18H19ClN2O3/c19-14-3-1-13(2-4-14)12-20-15-5-6-17(16(11-15)18(22)23)21-7-9-24-10-8-21/h1-6,11,20H,7-10,12H2,(H,22,23)/p-1. The maximum atomic E-state index is 11.5. The molecule has 2 aromatic rings. The number of nitrogens with zero attached hydrogens (tertiary/aromatic N) is 1. The minimum atomic E-state index is -1.17. The number of halogens is 1. The number of rotatable bonds is 5. The Morgan fingerprint density at radius 1 is 1.17 bits per heavy atom. The molecule has 5 nitrogen and oxygen atoms in total. The van der Waals surface area contributed by atoms with E-state index < -0.39 is 5.97 Å². The molecule has 0 aliphatic carbocycles. The average Bonchev–Trinajstić information content (AvgIpc) is 2.62. The van der Waals surface area contributed by atoms with Crippen molar-refractivity contribution in [3.8, 4) is 0 Å². The smallest absolute Gasteiger partial charge is 0.0736 e. The Balaban J connectivity index is 1.75. The molecule has 1 N–H and O–H groups in total. The summed E-state index contributed by atoms with van der Waals surface area (Å²) in [6, 6.07) is 12.8. The maximum Gasteiger partial charge on any atom is 0.0736 e. The summed E-state index contributed by atoms with van der Waals surface area (Å²) in [4.78, 5) is 13.5. The van der Waals surface area contributed by atoms with E-state index in [4.69, 9.17) is 16.3 Å². The fourth-order valence-electron chi connectivity index (χ4n) is 2.70. The van der Waals surface area contributed by atoms with Crippen LogP contribution in [0.25, 0.3) is 0 Å². The number of aromatic carboxylic acids is 1. The lowest BCUT2D eigenvalue weighted by atomic mass is 10.1. The molecule has 0 unspecified atom stereocenters. The molecule has 0 atom stereocenters. The molecule has 3 rings (SSSR count). The summed E-state index contributed by atoms with van der Waals surface area (Å²) in [5, 5.41) is 15.4. The molecular weight excluding hydrogens is 328 g/mol. The molecule has 1 aliphatic heterocycles. The van der Waals surface area contributed by atoms with E-state index in [2.05, 4.69) is 5.32 Å². The monoisotopic (exact) mass is 345 g/mol. The van der Waals surface area contributed by atoms with Crippen LogP contribution in [0.4, 0.5) is 11.4 Å². The molecule has 0 radical (unpaired) electrons. The summed E-state index contributed by atoms with van der Waals surface area (Å²) in [5.74, 6) is -1.17. The van der Waals surface area contributed by atoms with Gasteiger partial charge in [0.1, 0.15) is 0 Å². The van der Waals surface area contributed by atoms with Gasteiger partial charge in [0.2, 0.25) is 0 Å². The number of carbonyl (C=O) groups is 1. The van der Waals surface area contributed by atoms with E-state index in [1.807, 2.05) is 41.3 Å². The van der Waals surface area contributed by atoms with Crippen molar-refractivity contribution in [3.63, 3.8) is 0 Å². The molecule has 6 heteroatoms. The Morgan fingerprint density at radius 3 is 2.54 bits per heavy atom. The van der Waals surface area contributed by atoms with E-state index in [0.717, 1.165) is 11.3 Å². The normalized spacial score (nSPS) is 14.5. The molecule has 0 aromatic heterocycles. The van der Waals surface area contributed by atoms with Crippen molar-refractivity contribution in [3.05, 3.63) is 58.6 Å². The Labute approximate surface area is 145 Å². The van der Waals surface area contributed by atoms with Crippen LogP contribution in [0.5, 0.6) is 0 Å². The van der Waals surface area contributed by atoms with Gasteiger partial charge in [-0.2, -0.15) is 0 Å². The third kappa shape index (κ3) is 3.99. The Bertz CT molecular complexity index is 713. The molecule has 0 bridgehead atoms. The minimum absolute atomic E-state index is 0.193. The number of nitrogens with one attached hydrogen (secondary N) is 1. The lowest BCUT2D eigenvalue weighted by molar-refractivity contribution is -0.254. The van der Waals surface area contributed by atoms with Crippen molar-refractivity contribution >= 4 is 28.9 Å². The van der Waals surface area contributed by atoms with Gasteiger partial charge in [0.25, 0.3) is 0 Å². The summed E-state index contributed by atoms with van der Waals surface area (Å²) < 4.78 is 5.31. The van der Waals surface area contributed by atoms with Crippen LogP contribution in [0, 0.1) is 0 Å². The lowest BCUT2D eigenvalue weighted by Gasteiger charge is -2.31. The fraction of sp³-hybridized carbons (Fsp3) is 0.278. The Hall–Kier alpha value is -2.24. The van der Waals surface area contributed by atoms with Gasteiger partial charge < -0.3 is 24.9 Å². The Morgan fingerprint density at radius 2 is 1.88 bits per heavy atom. The van der Waals surface area contributed by atoms with Crippen LogP contribution in [0.3, 0.4) is 0 Å². The third-order valence-corrected chi connectivity index (χ3v) is 4.23. The molecule has 126 valence electrons. The first-order chi connectivity index (χ1) is 11.6. The van der Waals surface area contributed by atoms with Crippen LogP contribution in [-0.2, 0) is 11.3 Å². The van der Waals surface area contributed by atoms with Crippen molar-refractivity contribution in [1.82, 2.24) is 0 Å². The van der Waals surface area contributed by atoms with Crippen molar-refractivity contribution < 1.29 is 14.6 Å². The number of benzene rings is 2. The zero-order chi connectivity index (χ0) is 16.9. The molecule has 1 heterocycles. The van der Waals surface area contributed by atoms with Gasteiger partial charge in [0.15, 0.2) is 0 Å². The molecule has 2 aromatic carbocycles. The van der Waals surface area contributed by atoms with Crippen molar-refractivity contribution in [2.75, 3.05) is 36.5 Å². The van der Waals surface area contributed by atoms with Crippen LogP contribution in [0.1, 0.15) is 15.9 Å². The number of morpholine rings is 1. The van der Waals surface area contributed by atoms with E-state index in [0.29, 0.717) is 43.6 Å². The molecule has 1 saturated heterocycles. The van der Waals surface area contributed by atoms with Gasteiger partial charge in [0, 0.05) is 41.6 Å². The summed E-state index contributed by atoms with van der Waals surface area (Å²) in [5.41, 5.74) is 2.67. The van der Waals surface area contributed by atoms with E-state index in [1.54, 1.807) is 6.07 Å². The quantitative estimate of drug-likeness (QED) is 0.899. The summed E-state index contributed by atoms with van der Waals surface area (Å²) in [6.45, 7) is 3.14. The largest absolute Gasteiger partial charge is 0.545 e. The molecular formula is C18H18ClN2O3-. The van der Waals surface area contributed by atoms with Crippen molar-refractivity contribution in [1.29, 1.82) is 0 Å². The van der Waals surface area contributed by atoms with Gasteiger partial charge in [-0.1, -0.05) is 23.7 Å². The summed E-state index contributed by atoms with van der Waals surface area (Å²) in [6.07, 6.45) is 0. The highest BCUT2D eigenvalue weighted by molar-refractivity contribution is 6.30. The fourth-order valence-corrected chi connectivity index (χ4v) is 2.82. The van der Waals surface area contributed by atoms with Gasteiger partial charge >= 0.3 is 0 Å².